The number of rotatable bonds is 4. The van der Waals surface area contributed by atoms with E-state index in [4.69, 9.17) is 23.2 Å². The number of aryl methyl sites for hydroxylation is 1. The first-order valence-corrected chi connectivity index (χ1v) is 7.88. The molecule has 0 spiro atoms. The molecule has 0 saturated heterocycles. The second-order valence-electron chi connectivity index (χ2n) is 5.37. The Hall–Kier alpha value is -1.77. The summed E-state index contributed by atoms with van der Waals surface area (Å²) in [4.78, 5) is 7.85. The van der Waals surface area contributed by atoms with Gasteiger partial charge in [0.15, 0.2) is 0 Å². The predicted molar refractivity (Wildman–Crippen MR) is 91.8 cm³/mol. The molecule has 0 aliphatic carbocycles. The number of benzene rings is 2. The van der Waals surface area contributed by atoms with Gasteiger partial charge in [0.05, 0.1) is 0 Å². The quantitative estimate of drug-likeness (QED) is 0.699. The molecule has 22 heavy (non-hydrogen) atoms. The maximum absolute atomic E-state index is 6.22. The topological polar surface area (TPSA) is 28.7 Å². The summed E-state index contributed by atoms with van der Waals surface area (Å²) in [6, 6.07) is 13.9. The summed E-state index contributed by atoms with van der Waals surface area (Å²) >= 11 is 12.1. The zero-order chi connectivity index (χ0) is 15.5. The van der Waals surface area contributed by atoms with Gasteiger partial charge >= 0.3 is 0 Å². The largest absolute Gasteiger partial charge is 0.345 e. The molecule has 3 aromatic rings. The van der Waals surface area contributed by atoms with Crippen LogP contribution in [0.3, 0.4) is 0 Å². The summed E-state index contributed by atoms with van der Waals surface area (Å²) in [6.45, 7) is 2.12. The van der Waals surface area contributed by atoms with Gasteiger partial charge in [-0.15, -0.1) is 0 Å². The Balaban J connectivity index is 1.75. The fraction of sp³-hybridized carbons (Fsp3) is 0.167. The normalized spacial score (nSPS) is 10.9. The van der Waals surface area contributed by atoms with Crippen molar-refractivity contribution in [3.05, 3.63) is 86.9 Å². The van der Waals surface area contributed by atoms with Crippen molar-refractivity contribution in [1.29, 1.82) is 0 Å². The fourth-order valence-corrected chi connectivity index (χ4v) is 2.92. The zero-order valence-corrected chi connectivity index (χ0v) is 13.7. The van der Waals surface area contributed by atoms with Crippen molar-refractivity contribution in [2.24, 2.45) is 0 Å². The minimum Gasteiger partial charge on any atom is -0.345 e. The van der Waals surface area contributed by atoms with Crippen LogP contribution < -0.4 is 0 Å². The molecule has 3 rings (SSSR count). The van der Waals surface area contributed by atoms with Gasteiger partial charge in [-0.2, -0.15) is 0 Å². The molecule has 2 nitrogen and oxygen atoms in total. The van der Waals surface area contributed by atoms with Crippen molar-refractivity contribution in [2.75, 3.05) is 0 Å². The molecule has 0 saturated carbocycles. The Morgan fingerprint density at radius 1 is 1.00 bits per heavy atom. The lowest BCUT2D eigenvalue weighted by atomic mass is 10.1. The van der Waals surface area contributed by atoms with Crippen molar-refractivity contribution < 1.29 is 0 Å². The lowest BCUT2D eigenvalue weighted by Gasteiger charge is -2.04. The van der Waals surface area contributed by atoms with Gasteiger partial charge in [0.2, 0.25) is 0 Å². The molecule has 0 bridgehead atoms. The number of halogens is 2. The summed E-state index contributed by atoms with van der Waals surface area (Å²) in [7, 11) is 0. The van der Waals surface area contributed by atoms with Gasteiger partial charge in [0.25, 0.3) is 0 Å². The number of nitrogens with one attached hydrogen (secondary N) is 1. The average molecular weight is 331 g/mol. The Kier molecular flexibility index (Phi) is 4.51. The lowest BCUT2D eigenvalue weighted by molar-refractivity contribution is 0.992. The van der Waals surface area contributed by atoms with Crippen molar-refractivity contribution in [3.8, 4) is 0 Å². The Morgan fingerprint density at radius 2 is 1.82 bits per heavy atom. The molecule has 1 heterocycles. The SMILES string of the molecule is Cc1ccccc1Cc1ncc(Cc2ccc(Cl)cc2Cl)[nH]1. The molecule has 0 aliphatic heterocycles. The van der Waals surface area contributed by atoms with E-state index >= 15 is 0 Å². The van der Waals surface area contributed by atoms with E-state index in [1.807, 2.05) is 18.3 Å². The van der Waals surface area contributed by atoms with E-state index in [1.165, 1.54) is 11.1 Å². The highest BCUT2D eigenvalue weighted by atomic mass is 35.5. The molecule has 112 valence electrons. The van der Waals surface area contributed by atoms with E-state index in [0.717, 1.165) is 29.9 Å². The van der Waals surface area contributed by atoms with Gasteiger partial charge in [-0.1, -0.05) is 53.5 Å². The van der Waals surface area contributed by atoms with E-state index in [0.29, 0.717) is 10.0 Å². The highest BCUT2D eigenvalue weighted by molar-refractivity contribution is 6.35. The van der Waals surface area contributed by atoms with Crippen LogP contribution in [0, 0.1) is 6.92 Å². The van der Waals surface area contributed by atoms with E-state index in [1.54, 1.807) is 6.07 Å². The highest BCUT2D eigenvalue weighted by Gasteiger charge is 2.07. The highest BCUT2D eigenvalue weighted by Crippen LogP contribution is 2.23. The molecule has 0 radical (unpaired) electrons. The molecular weight excluding hydrogens is 315 g/mol. The molecule has 0 amide bonds. The molecule has 0 atom stereocenters. The Morgan fingerprint density at radius 3 is 2.59 bits per heavy atom. The predicted octanol–water partition coefficient (Wildman–Crippen LogP) is 5.21. The standard InChI is InChI=1S/C18H16Cl2N2/c1-12-4-2-3-5-13(12)9-18-21-11-16(22-18)8-14-6-7-15(19)10-17(14)20/h2-7,10-11H,8-9H2,1H3,(H,21,22). The first-order valence-electron chi connectivity index (χ1n) is 7.13. The van der Waals surface area contributed by atoms with Gasteiger partial charge in [-0.05, 0) is 35.7 Å². The van der Waals surface area contributed by atoms with Crippen molar-refractivity contribution >= 4 is 23.2 Å². The zero-order valence-electron chi connectivity index (χ0n) is 12.2. The minimum absolute atomic E-state index is 0.651. The van der Waals surface area contributed by atoms with E-state index < -0.39 is 0 Å². The van der Waals surface area contributed by atoms with Crippen LogP contribution in [0.25, 0.3) is 0 Å². The van der Waals surface area contributed by atoms with E-state index in [-0.39, 0.29) is 0 Å². The molecule has 0 unspecified atom stereocenters. The van der Waals surface area contributed by atoms with Crippen molar-refractivity contribution in [3.63, 3.8) is 0 Å². The summed E-state index contributed by atoms with van der Waals surface area (Å²) in [5.74, 6) is 0.967. The number of imidazole rings is 1. The van der Waals surface area contributed by atoms with Crippen LogP contribution >= 0.6 is 23.2 Å². The lowest BCUT2D eigenvalue weighted by Crippen LogP contribution is -1.95. The first-order chi connectivity index (χ1) is 10.6. The maximum atomic E-state index is 6.22. The van der Waals surface area contributed by atoms with Gasteiger partial charge in [0, 0.05) is 34.8 Å². The van der Waals surface area contributed by atoms with Gasteiger partial charge < -0.3 is 4.98 Å². The minimum atomic E-state index is 0.651. The second-order valence-corrected chi connectivity index (χ2v) is 6.21. The van der Waals surface area contributed by atoms with E-state index in [9.17, 15) is 0 Å². The summed E-state index contributed by atoms with van der Waals surface area (Å²) in [5, 5.41) is 1.33. The molecular formula is C18H16Cl2N2. The smallest absolute Gasteiger partial charge is 0.110 e. The molecule has 0 aliphatic rings. The fourth-order valence-electron chi connectivity index (χ4n) is 2.44. The van der Waals surface area contributed by atoms with Crippen LogP contribution in [0.4, 0.5) is 0 Å². The summed E-state index contributed by atoms with van der Waals surface area (Å²) < 4.78 is 0. The van der Waals surface area contributed by atoms with Crippen LogP contribution in [0.15, 0.2) is 48.7 Å². The molecule has 1 N–H and O–H groups in total. The average Bonchev–Trinajstić information content (AvgIpc) is 2.92. The number of H-pyrrole nitrogens is 1. The number of hydrogen-bond acceptors (Lipinski definition) is 1. The van der Waals surface area contributed by atoms with Crippen LogP contribution in [0.5, 0.6) is 0 Å². The molecule has 4 heteroatoms. The number of aromatic nitrogens is 2. The van der Waals surface area contributed by atoms with Crippen molar-refractivity contribution in [1.82, 2.24) is 9.97 Å². The van der Waals surface area contributed by atoms with Crippen LogP contribution in [-0.2, 0) is 12.8 Å². The molecule has 1 aromatic heterocycles. The van der Waals surface area contributed by atoms with Gasteiger partial charge in [-0.25, -0.2) is 4.98 Å². The summed E-state index contributed by atoms with van der Waals surface area (Å²) in [6.07, 6.45) is 3.40. The number of aromatic amines is 1. The maximum Gasteiger partial charge on any atom is 0.110 e. The summed E-state index contributed by atoms with van der Waals surface area (Å²) in [5.41, 5.74) is 4.65. The first kappa shape index (κ1) is 15.1. The molecule has 2 aromatic carbocycles. The Bertz CT molecular complexity index is 793. The number of hydrogen-bond donors (Lipinski definition) is 1. The molecule has 0 fully saturated rings. The second kappa shape index (κ2) is 6.55. The van der Waals surface area contributed by atoms with Crippen LogP contribution in [-0.4, -0.2) is 9.97 Å². The van der Waals surface area contributed by atoms with Crippen molar-refractivity contribution in [2.45, 2.75) is 19.8 Å². The third-order valence-electron chi connectivity index (χ3n) is 3.70. The van der Waals surface area contributed by atoms with Crippen LogP contribution in [0.2, 0.25) is 10.0 Å². The number of nitrogens with zero attached hydrogens (tertiary/aromatic N) is 1. The van der Waals surface area contributed by atoms with Crippen LogP contribution in [0.1, 0.15) is 28.2 Å². The third kappa shape index (κ3) is 3.52. The van der Waals surface area contributed by atoms with Gasteiger partial charge in [0.1, 0.15) is 5.82 Å². The monoisotopic (exact) mass is 330 g/mol. The van der Waals surface area contributed by atoms with E-state index in [2.05, 4.69) is 41.2 Å². The van der Waals surface area contributed by atoms with Gasteiger partial charge in [-0.3, -0.25) is 0 Å². The Labute approximate surface area is 140 Å². The third-order valence-corrected chi connectivity index (χ3v) is 4.28.